The molecule has 2 heterocycles. The van der Waals surface area contributed by atoms with Gasteiger partial charge in [-0.1, -0.05) is 41.0 Å². The maximum absolute atomic E-state index is 12.3. The predicted octanol–water partition coefficient (Wildman–Crippen LogP) is 3.50. The second-order valence-corrected chi connectivity index (χ2v) is 6.35. The molecule has 8 heteroatoms. The Morgan fingerprint density at radius 3 is 2.64 bits per heavy atom. The van der Waals surface area contributed by atoms with Crippen LogP contribution in [0.2, 0.25) is 10.0 Å². The molecule has 0 saturated heterocycles. The van der Waals surface area contributed by atoms with Crippen molar-refractivity contribution >= 4 is 40.9 Å². The van der Waals surface area contributed by atoms with Crippen LogP contribution in [-0.2, 0) is 5.72 Å². The van der Waals surface area contributed by atoms with Gasteiger partial charge in [0.15, 0.2) is 5.16 Å². The highest BCUT2D eigenvalue weighted by atomic mass is 35.5. The second kappa shape index (κ2) is 5.61. The lowest BCUT2D eigenvalue weighted by Crippen LogP contribution is -2.52. The predicted molar refractivity (Wildman–Crippen MR) is 85.7 cm³/mol. The molecule has 1 atom stereocenters. The first-order valence-electron chi connectivity index (χ1n) is 6.31. The molecule has 22 heavy (non-hydrogen) atoms. The molecule has 1 aromatic carbocycles. The zero-order chi connectivity index (χ0) is 15.9. The lowest BCUT2D eigenvalue weighted by Gasteiger charge is -2.36. The third kappa shape index (κ3) is 2.51. The lowest BCUT2D eigenvalue weighted by atomic mass is 10.0. The summed E-state index contributed by atoms with van der Waals surface area (Å²) in [6, 6.07) is 5.10. The summed E-state index contributed by atoms with van der Waals surface area (Å²) in [4.78, 5) is 20.7. The number of hydrogen-bond acceptors (Lipinski definition) is 5. The number of nitrogens with one attached hydrogen (secondary N) is 1. The highest BCUT2D eigenvalue weighted by molar-refractivity contribution is 7.98. The Kier molecular flexibility index (Phi) is 3.92. The Morgan fingerprint density at radius 1 is 1.32 bits per heavy atom. The SMILES string of the molecule is CSc1ncc2c(n1)OC(C)(c1c(Cl)cccc1Cl)NC2=O. The van der Waals surface area contributed by atoms with Crippen LogP contribution >= 0.6 is 35.0 Å². The van der Waals surface area contributed by atoms with Gasteiger partial charge < -0.3 is 10.1 Å². The summed E-state index contributed by atoms with van der Waals surface area (Å²) in [5, 5.41) is 4.08. The Balaban J connectivity index is 2.12. The number of carbonyl (C=O) groups is 1. The van der Waals surface area contributed by atoms with Gasteiger partial charge in [0.05, 0.1) is 15.6 Å². The molecular weight excluding hydrogens is 345 g/mol. The highest BCUT2D eigenvalue weighted by Crippen LogP contribution is 2.39. The van der Waals surface area contributed by atoms with E-state index in [-0.39, 0.29) is 17.4 Å². The van der Waals surface area contributed by atoms with Crippen LogP contribution in [0.3, 0.4) is 0 Å². The lowest BCUT2D eigenvalue weighted by molar-refractivity contribution is 0.0244. The van der Waals surface area contributed by atoms with Gasteiger partial charge in [-0.05, 0) is 25.3 Å². The second-order valence-electron chi connectivity index (χ2n) is 4.76. The molecule has 0 radical (unpaired) electrons. The molecule has 1 aromatic heterocycles. The van der Waals surface area contributed by atoms with E-state index in [2.05, 4.69) is 15.3 Å². The molecule has 1 N–H and O–H groups in total. The number of nitrogens with zero attached hydrogens (tertiary/aromatic N) is 2. The fourth-order valence-corrected chi connectivity index (χ4v) is 3.34. The molecule has 114 valence electrons. The van der Waals surface area contributed by atoms with Crippen LogP contribution in [0, 0.1) is 0 Å². The number of carbonyl (C=O) groups excluding carboxylic acids is 1. The van der Waals surface area contributed by atoms with Crippen molar-refractivity contribution in [2.75, 3.05) is 6.26 Å². The third-order valence-electron chi connectivity index (χ3n) is 3.25. The number of thioether (sulfide) groups is 1. The summed E-state index contributed by atoms with van der Waals surface area (Å²) < 4.78 is 5.91. The molecule has 1 aliphatic rings. The summed E-state index contributed by atoms with van der Waals surface area (Å²) in [5.74, 6) is -0.131. The largest absolute Gasteiger partial charge is 0.446 e. The summed E-state index contributed by atoms with van der Waals surface area (Å²) in [6.45, 7) is 1.68. The van der Waals surface area contributed by atoms with Crippen LogP contribution in [0.15, 0.2) is 29.6 Å². The summed E-state index contributed by atoms with van der Waals surface area (Å²) in [5.41, 5.74) is -0.441. The van der Waals surface area contributed by atoms with E-state index >= 15 is 0 Å². The Morgan fingerprint density at radius 2 is 2.00 bits per heavy atom. The van der Waals surface area contributed by atoms with Crippen LogP contribution in [0.4, 0.5) is 0 Å². The van der Waals surface area contributed by atoms with Crippen LogP contribution < -0.4 is 10.1 Å². The smallest absolute Gasteiger partial charge is 0.261 e. The van der Waals surface area contributed by atoms with E-state index in [1.54, 1.807) is 25.1 Å². The van der Waals surface area contributed by atoms with Crippen LogP contribution in [0.1, 0.15) is 22.8 Å². The third-order valence-corrected chi connectivity index (χ3v) is 4.44. The Labute approximate surface area is 141 Å². The van der Waals surface area contributed by atoms with E-state index in [4.69, 9.17) is 27.9 Å². The van der Waals surface area contributed by atoms with Crippen molar-refractivity contribution in [2.24, 2.45) is 0 Å². The van der Waals surface area contributed by atoms with E-state index in [9.17, 15) is 4.79 Å². The van der Waals surface area contributed by atoms with E-state index in [1.165, 1.54) is 18.0 Å². The Hall–Kier alpha value is -1.50. The van der Waals surface area contributed by atoms with Gasteiger partial charge in [-0.25, -0.2) is 4.98 Å². The van der Waals surface area contributed by atoms with Gasteiger partial charge in [0, 0.05) is 6.20 Å². The van der Waals surface area contributed by atoms with Gasteiger partial charge in [-0.3, -0.25) is 4.79 Å². The normalized spacial score (nSPS) is 20.1. The average molecular weight is 356 g/mol. The summed E-state index contributed by atoms with van der Waals surface area (Å²) >= 11 is 13.8. The fourth-order valence-electron chi connectivity index (χ4n) is 2.25. The number of fused-ring (bicyclic) bond motifs is 1. The van der Waals surface area contributed by atoms with Crippen molar-refractivity contribution in [1.82, 2.24) is 15.3 Å². The number of ether oxygens (including phenoxy) is 1. The standard InChI is InChI=1S/C14H11Cl2N3O2S/c1-14(10-8(15)4-3-5-9(10)16)19-11(20)7-6-17-13(22-2)18-12(7)21-14/h3-6H,1-2H3,(H,19,20). The molecular formula is C14H11Cl2N3O2S. The summed E-state index contributed by atoms with van der Waals surface area (Å²) in [7, 11) is 0. The van der Waals surface area contributed by atoms with Crippen molar-refractivity contribution in [3.05, 3.63) is 45.6 Å². The molecule has 1 unspecified atom stereocenters. The van der Waals surface area contributed by atoms with Gasteiger partial charge in [0.25, 0.3) is 5.91 Å². The quantitative estimate of drug-likeness (QED) is 0.659. The van der Waals surface area contributed by atoms with E-state index in [0.29, 0.717) is 20.8 Å². The number of amides is 1. The van der Waals surface area contributed by atoms with Crippen molar-refractivity contribution < 1.29 is 9.53 Å². The molecule has 0 aliphatic carbocycles. The maximum Gasteiger partial charge on any atom is 0.261 e. The van der Waals surface area contributed by atoms with Gasteiger partial charge >= 0.3 is 0 Å². The van der Waals surface area contributed by atoms with Crippen LogP contribution in [0.5, 0.6) is 5.88 Å². The van der Waals surface area contributed by atoms with Crippen molar-refractivity contribution in [1.29, 1.82) is 0 Å². The molecule has 2 aromatic rings. The Bertz CT molecular complexity index is 751. The number of rotatable bonds is 2. The average Bonchev–Trinajstić information content (AvgIpc) is 2.46. The van der Waals surface area contributed by atoms with E-state index in [1.807, 2.05) is 6.26 Å². The molecule has 1 aliphatic heterocycles. The molecule has 0 spiro atoms. The van der Waals surface area contributed by atoms with Gasteiger partial charge in [0.2, 0.25) is 11.6 Å². The molecule has 0 bridgehead atoms. The van der Waals surface area contributed by atoms with Crippen molar-refractivity contribution in [3.63, 3.8) is 0 Å². The van der Waals surface area contributed by atoms with Gasteiger partial charge in [0.1, 0.15) is 5.56 Å². The number of hydrogen-bond donors (Lipinski definition) is 1. The number of benzene rings is 1. The highest BCUT2D eigenvalue weighted by Gasteiger charge is 2.41. The maximum atomic E-state index is 12.3. The number of aromatic nitrogens is 2. The first-order chi connectivity index (χ1) is 10.4. The van der Waals surface area contributed by atoms with Crippen LogP contribution in [-0.4, -0.2) is 22.1 Å². The van der Waals surface area contributed by atoms with Gasteiger partial charge in [-0.15, -0.1) is 0 Å². The first kappa shape index (κ1) is 15.4. The fraction of sp³-hybridized carbons (Fsp3) is 0.214. The van der Waals surface area contributed by atoms with Crippen molar-refractivity contribution in [2.45, 2.75) is 17.8 Å². The van der Waals surface area contributed by atoms with E-state index in [0.717, 1.165) is 0 Å². The minimum atomic E-state index is -1.20. The minimum absolute atomic E-state index is 0.210. The molecule has 0 saturated carbocycles. The molecule has 0 fully saturated rings. The van der Waals surface area contributed by atoms with E-state index < -0.39 is 5.72 Å². The zero-order valence-corrected chi connectivity index (χ0v) is 14.0. The monoisotopic (exact) mass is 355 g/mol. The first-order valence-corrected chi connectivity index (χ1v) is 8.30. The minimum Gasteiger partial charge on any atom is -0.446 e. The number of halogens is 2. The van der Waals surface area contributed by atoms with Gasteiger partial charge in [-0.2, -0.15) is 4.98 Å². The molecule has 3 rings (SSSR count). The topological polar surface area (TPSA) is 64.1 Å². The molecule has 5 nitrogen and oxygen atoms in total. The summed E-state index contributed by atoms with van der Waals surface area (Å²) in [6.07, 6.45) is 3.28. The van der Waals surface area contributed by atoms with Crippen LogP contribution in [0.25, 0.3) is 0 Å². The zero-order valence-electron chi connectivity index (χ0n) is 11.7. The van der Waals surface area contributed by atoms with Crippen molar-refractivity contribution in [3.8, 4) is 5.88 Å². The molecule has 1 amide bonds.